The first kappa shape index (κ1) is 34.1. The zero-order chi connectivity index (χ0) is 26.7. The highest BCUT2D eigenvalue weighted by Crippen LogP contribution is 2.34. The summed E-state index contributed by atoms with van der Waals surface area (Å²) in [6.45, 7) is 14.0. The third-order valence-electron chi connectivity index (χ3n) is 3.98. The Morgan fingerprint density at radius 1 is 1.20 bits per heavy atom. The molecule has 8 nitrogen and oxygen atoms in total. The Morgan fingerprint density at radius 3 is 2.49 bits per heavy atom. The topological polar surface area (TPSA) is 107 Å². The molecule has 1 rings (SSSR count). The Balaban J connectivity index is 0.00000562. The van der Waals surface area contributed by atoms with Crippen molar-refractivity contribution in [3.63, 3.8) is 0 Å². The van der Waals surface area contributed by atoms with Crippen molar-refractivity contribution < 1.29 is 28.9 Å². The van der Waals surface area contributed by atoms with E-state index in [4.69, 9.17) is 14.2 Å². The SMILES string of the molecule is CC.CP(C)C(CO)OC(COC(=O)CCCC(=O)NCCSSc1ccccn1)OC(C)(C)C. The quantitative estimate of drug-likeness (QED) is 0.0977. The van der Waals surface area contributed by atoms with Gasteiger partial charge in [0.1, 0.15) is 17.5 Å². The zero-order valence-corrected chi connectivity index (χ0v) is 24.6. The van der Waals surface area contributed by atoms with Gasteiger partial charge in [0.25, 0.3) is 0 Å². The summed E-state index contributed by atoms with van der Waals surface area (Å²) in [6.07, 6.45) is 1.78. The Labute approximate surface area is 220 Å². The maximum Gasteiger partial charge on any atom is 0.305 e. The van der Waals surface area contributed by atoms with Gasteiger partial charge in [0, 0.05) is 31.3 Å². The second-order valence-electron chi connectivity index (χ2n) is 8.36. The Kier molecular flexibility index (Phi) is 19.7. The summed E-state index contributed by atoms with van der Waals surface area (Å²) in [4.78, 5) is 28.3. The van der Waals surface area contributed by atoms with Gasteiger partial charge in [-0.2, -0.15) is 0 Å². The van der Waals surface area contributed by atoms with Gasteiger partial charge in [-0.3, -0.25) is 9.59 Å². The fourth-order valence-electron chi connectivity index (χ4n) is 2.44. The molecule has 0 saturated heterocycles. The van der Waals surface area contributed by atoms with Gasteiger partial charge in [0.15, 0.2) is 6.29 Å². The van der Waals surface area contributed by atoms with Crippen molar-refractivity contribution in [3.8, 4) is 0 Å². The van der Waals surface area contributed by atoms with E-state index < -0.39 is 25.8 Å². The molecule has 0 spiro atoms. The van der Waals surface area contributed by atoms with Crippen LogP contribution in [0.4, 0.5) is 0 Å². The number of hydrogen-bond acceptors (Lipinski definition) is 9. The number of pyridine rings is 1. The smallest absolute Gasteiger partial charge is 0.305 e. The van der Waals surface area contributed by atoms with Crippen LogP contribution in [0.2, 0.25) is 0 Å². The Morgan fingerprint density at radius 2 is 1.91 bits per heavy atom. The first-order valence-corrected chi connectivity index (χ1v) is 16.5. The molecule has 0 aliphatic rings. The number of carbonyl (C=O) groups excluding carboxylic acids is 2. The lowest BCUT2D eigenvalue weighted by molar-refractivity contribution is -0.226. The highest BCUT2D eigenvalue weighted by molar-refractivity contribution is 8.76. The number of ether oxygens (including phenoxy) is 3. The molecule has 2 N–H and O–H groups in total. The minimum Gasteiger partial charge on any atom is -0.460 e. The molecule has 1 amide bonds. The number of amides is 1. The van der Waals surface area contributed by atoms with E-state index >= 15 is 0 Å². The summed E-state index contributed by atoms with van der Waals surface area (Å²) in [5.74, 6) is -0.0904. The van der Waals surface area contributed by atoms with Gasteiger partial charge < -0.3 is 24.6 Å². The van der Waals surface area contributed by atoms with E-state index in [1.807, 2.05) is 66.1 Å². The fourth-order valence-corrected chi connectivity index (χ4v) is 4.94. The minimum atomic E-state index is -0.763. The molecule has 0 radical (unpaired) electrons. The van der Waals surface area contributed by atoms with Crippen molar-refractivity contribution in [1.29, 1.82) is 0 Å². The number of aliphatic hydroxyl groups is 1. The molecule has 0 aliphatic heterocycles. The second-order valence-corrected chi connectivity index (χ2v) is 13.3. The second kappa shape index (κ2) is 20.2. The lowest BCUT2D eigenvalue weighted by Gasteiger charge is -2.31. The van der Waals surface area contributed by atoms with E-state index in [2.05, 4.69) is 10.3 Å². The number of rotatable bonds is 16. The molecule has 202 valence electrons. The highest BCUT2D eigenvalue weighted by atomic mass is 33.1. The summed E-state index contributed by atoms with van der Waals surface area (Å²) in [5, 5.41) is 13.3. The van der Waals surface area contributed by atoms with Crippen LogP contribution in [0.15, 0.2) is 29.4 Å². The highest BCUT2D eigenvalue weighted by Gasteiger charge is 2.25. The molecular weight excluding hydrogens is 507 g/mol. The number of nitrogens with zero attached hydrogens (tertiary/aromatic N) is 1. The minimum absolute atomic E-state index is 0.0624. The monoisotopic (exact) mass is 550 g/mol. The predicted molar refractivity (Wildman–Crippen MR) is 147 cm³/mol. The number of nitrogens with one attached hydrogen (secondary N) is 1. The van der Waals surface area contributed by atoms with Gasteiger partial charge in [-0.05, 0) is 63.4 Å². The first-order valence-electron chi connectivity index (χ1n) is 11.8. The van der Waals surface area contributed by atoms with Gasteiger partial charge in [0.05, 0.1) is 12.2 Å². The van der Waals surface area contributed by atoms with E-state index in [1.54, 1.807) is 27.8 Å². The molecule has 1 aromatic rings. The molecule has 1 heterocycles. The Hall–Kier alpha value is -0.900. The molecule has 0 fully saturated rings. The average molecular weight is 551 g/mol. The van der Waals surface area contributed by atoms with Gasteiger partial charge in [-0.25, -0.2) is 4.98 Å². The third-order valence-corrected chi connectivity index (χ3v) is 7.68. The molecule has 0 aliphatic carbocycles. The molecule has 1 aromatic heterocycles. The van der Waals surface area contributed by atoms with Crippen LogP contribution >= 0.6 is 29.5 Å². The predicted octanol–water partition coefficient (Wildman–Crippen LogP) is 4.90. The Bertz CT molecular complexity index is 692. The van der Waals surface area contributed by atoms with Crippen LogP contribution in [-0.2, 0) is 23.8 Å². The number of hydrogen-bond donors (Lipinski definition) is 2. The van der Waals surface area contributed by atoms with Crippen LogP contribution < -0.4 is 5.32 Å². The summed E-state index contributed by atoms with van der Waals surface area (Å²) in [6, 6.07) is 5.75. The van der Waals surface area contributed by atoms with E-state index in [0.29, 0.717) is 13.0 Å². The number of aromatic nitrogens is 1. The summed E-state index contributed by atoms with van der Waals surface area (Å²) in [7, 11) is 2.65. The van der Waals surface area contributed by atoms with Crippen LogP contribution in [0.1, 0.15) is 53.9 Å². The zero-order valence-electron chi connectivity index (χ0n) is 22.1. The standard InChI is InChI=1S/C22H37N2O6PS2.C2H6/c1-22(2,3)30-20(29-21(15-25)31(4)5)16-28-19(27)11-8-9-17(26)23-13-14-32-33-18-10-6-7-12-24-18;1-2/h6-7,10,12,20-21,25H,8-9,11,13-16H2,1-5H3,(H,23,26);1-2H3. The molecule has 0 bridgehead atoms. The molecule has 0 aromatic carbocycles. The summed E-state index contributed by atoms with van der Waals surface area (Å²) in [5.41, 5.74) is -0.492. The van der Waals surface area contributed by atoms with Crippen molar-refractivity contribution in [2.45, 2.75) is 76.6 Å². The molecular formula is C24H43N2O6PS2. The third kappa shape index (κ3) is 19.0. The van der Waals surface area contributed by atoms with E-state index in [-0.39, 0.29) is 37.8 Å². The average Bonchev–Trinajstić information content (AvgIpc) is 2.81. The lowest BCUT2D eigenvalue weighted by Crippen LogP contribution is -2.36. The van der Waals surface area contributed by atoms with Crippen molar-refractivity contribution in [2.75, 3.05) is 38.8 Å². The largest absolute Gasteiger partial charge is 0.460 e. The molecule has 35 heavy (non-hydrogen) atoms. The van der Waals surface area contributed by atoms with Crippen LogP contribution in [0, 0.1) is 0 Å². The molecule has 11 heteroatoms. The van der Waals surface area contributed by atoms with E-state index in [9.17, 15) is 14.7 Å². The van der Waals surface area contributed by atoms with E-state index in [0.717, 1.165) is 10.8 Å². The van der Waals surface area contributed by atoms with Gasteiger partial charge in [0.2, 0.25) is 5.91 Å². The van der Waals surface area contributed by atoms with Crippen molar-refractivity contribution in [2.24, 2.45) is 0 Å². The normalized spacial score (nSPS) is 12.9. The first-order chi connectivity index (χ1) is 16.6. The lowest BCUT2D eigenvalue weighted by atomic mass is 10.2. The van der Waals surface area contributed by atoms with Crippen LogP contribution in [-0.4, -0.2) is 78.5 Å². The number of esters is 1. The van der Waals surface area contributed by atoms with Crippen LogP contribution in [0.5, 0.6) is 0 Å². The maximum absolute atomic E-state index is 12.1. The van der Waals surface area contributed by atoms with Crippen molar-refractivity contribution in [1.82, 2.24) is 10.3 Å². The number of carbonyl (C=O) groups is 2. The molecule has 0 saturated carbocycles. The van der Waals surface area contributed by atoms with Gasteiger partial charge in [-0.1, -0.05) is 38.6 Å². The molecule has 2 unspecified atom stereocenters. The maximum atomic E-state index is 12.1. The van der Waals surface area contributed by atoms with Crippen molar-refractivity contribution >= 4 is 41.4 Å². The summed E-state index contributed by atoms with van der Waals surface area (Å²) < 4.78 is 17.0. The number of aliphatic hydroxyl groups excluding tert-OH is 1. The van der Waals surface area contributed by atoms with Crippen LogP contribution in [0.25, 0.3) is 0 Å². The van der Waals surface area contributed by atoms with E-state index in [1.165, 1.54) is 0 Å². The summed E-state index contributed by atoms with van der Waals surface area (Å²) >= 11 is 0. The molecule has 2 atom stereocenters. The van der Waals surface area contributed by atoms with Crippen molar-refractivity contribution in [3.05, 3.63) is 24.4 Å². The fraction of sp³-hybridized carbons (Fsp3) is 0.708. The van der Waals surface area contributed by atoms with Gasteiger partial charge >= 0.3 is 5.97 Å². The van der Waals surface area contributed by atoms with Crippen LogP contribution in [0.3, 0.4) is 0 Å². The van der Waals surface area contributed by atoms with Gasteiger partial charge in [-0.15, -0.1) is 0 Å².